The molecule has 4 rings (SSSR count). The largest absolute Gasteiger partial charge is 0.418 e. The molecule has 0 atom stereocenters. The van der Waals surface area contributed by atoms with E-state index in [9.17, 15) is 13.2 Å². The van der Waals surface area contributed by atoms with Crippen molar-refractivity contribution in [1.82, 2.24) is 9.97 Å². The quantitative estimate of drug-likeness (QED) is 0.432. The molecule has 0 saturated carbocycles. The maximum atomic E-state index is 13.3. The van der Waals surface area contributed by atoms with Crippen molar-refractivity contribution in [2.24, 2.45) is 0 Å². The lowest BCUT2D eigenvalue weighted by molar-refractivity contribution is -0.136. The summed E-state index contributed by atoms with van der Waals surface area (Å²) in [5.41, 5.74) is 0.514. The van der Waals surface area contributed by atoms with Crippen molar-refractivity contribution < 1.29 is 13.2 Å². The first-order valence-corrected chi connectivity index (χ1v) is 10.3. The van der Waals surface area contributed by atoms with Crippen molar-refractivity contribution >= 4 is 44.8 Å². The Bertz CT molecular complexity index is 966. The molecular weight excluding hydrogens is 379 g/mol. The van der Waals surface area contributed by atoms with Crippen LogP contribution in [-0.2, 0) is 19.0 Å². The molecule has 1 aliphatic carbocycles. The second-order valence-corrected chi connectivity index (χ2v) is 7.98. The summed E-state index contributed by atoms with van der Waals surface area (Å²) in [5.74, 6) is 0.468. The van der Waals surface area contributed by atoms with Crippen LogP contribution in [0.4, 0.5) is 24.7 Å². The third-order valence-electron chi connectivity index (χ3n) is 4.46. The number of alkyl halides is 3. The molecule has 1 aliphatic rings. The van der Waals surface area contributed by atoms with Crippen LogP contribution in [-0.4, -0.2) is 16.2 Å². The average molecular weight is 395 g/mol. The number of thioether (sulfide) groups is 1. The van der Waals surface area contributed by atoms with E-state index in [2.05, 4.69) is 15.3 Å². The van der Waals surface area contributed by atoms with E-state index in [4.69, 9.17) is 0 Å². The van der Waals surface area contributed by atoms with Gasteiger partial charge in [0.1, 0.15) is 10.6 Å². The number of aromatic nitrogens is 2. The van der Waals surface area contributed by atoms with Crippen molar-refractivity contribution in [1.29, 1.82) is 0 Å². The Hall–Kier alpha value is -1.80. The Morgan fingerprint density at radius 3 is 2.65 bits per heavy atom. The molecule has 0 spiro atoms. The SMILES string of the molecule is CSc1nc(Nc2ccccc2C(F)(F)F)c2c3c(sc2n1)CCCC3. The van der Waals surface area contributed by atoms with Gasteiger partial charge in [0.15, 0.2) is 5.16 Å². The molecule has 0 unspecified atom stereocenters. The summed E-state index contributed by atoms with van der Waals surface area (Å²) in [6.07, 6.45) is 1.59. The number of hydrogen-bond donors (Lipinski definition) is 1. The first-order chi connectivity index (χ1) is 12.5. The second kappa shape index (κ2) is 6.74. The van der Waals surface area contributed by atoms with E-state index in [1.54, 1.807) is 17.4 Å². The molecule has 0 fully saturated rings. The molecule has 3 aromatic rings. The minimum absolute atomic E-state index is 0.0165. The van der Waals surface area contributed by atoms with Crippen molar-refractivity contribution in [3.05, 3.63) is 40.3 Å². The average Bonchev–Trinajstić information content (AvgIpc) is 2.99. The molecule has 1 aromatic carbocycles. The highest BCUT2D eigenvalue weighted by atomic mass is 32.2. The van der Waals surface area contributed by atoms with Crippen LogP contribution in [0.15, 0.2) is 29.4 Å². The number of aryl methyl sites for hydroxylation is 2. The molecular formula is C18H16F3N3S2. The summed E-state index contributed by atoms with van der Waals surface area (Å²) in [6, 6.07) is 5.51. The standard InChI is InChI=1S/C18H16F3N3S2/c1-25-17-23-15(22-12-8-4-3-7-11(12)18(19,20)21)14-10-6-2-5-9-13(10)26-16(14)24-17/h3-4,7-8H,2,5-6,9H2,1H3,(H,22,23,24). The van der Waals surface area contributed by atoms with Crippen LogP contribution in [0.1, 0.15) is 28.8 Å². The van der Waals surface area contributed by atoms with Crippen LogP contribution in [0.5, 0.6) is 0 Å². The summed E-state index contributed by atoms with van der Waals surface area (Å²) in [6.45, 7) is 0. The Morgan fingerprint density at radius 2 is 1.88 bits per heavy atom. The van der Waals surface area contributed by atoms with Crippen molar-refractivity contribution in [3.8, 4) is 0 Å². The minimum atomic E-state index is -4.42. The normalized spacial score (nSPS) is 14.5. The van der Waals surface area contributed by atoms with Gasteiger partial charge in [-0.2, -0.15) is 13.2 Å². The maximum absolute atomic E-state index is 13.3. The topological polar surface area (TPSA) is 37.8 Å². The van der Waals surface area contributed by atoms with Gasteiger partial charge in [0.2, 0.25) is 0 Å². The van der Waals surface area contributed by atoms with Crippen LogP contribution < -0.4 is 5.32 Å². The van der Waals surface area contributed by atoms with E-state index in [-0.39, 0.29) is 5.69 Å². The lowest BCUT2D eigenvalue weighted by atomic mass is 9.97. The Morgan fingerprint density at radius 1 is 1.12 bits per heavy atom. The summed E-state index contributed by atoms with van der Waals surface area (Å²) >= 11 is 3.02. The summed E-state index contributed by atoms with van der Waals surface area (Å²) < 4.78 is 40.0. The third kappa shape index (κ3) is 3.16. The van der Waals surface area contributed by atoms with E-state index in [1.807, 2.05) is 6.26 Å². The second-order valence-electron chi connectivity index (χ2n) is 6.12. The first kappa shape index (κ1) is 17.6. The number of halogens is 3. The van der Waals surface area contributed by atoms with Crippen LogP contribution in [0.25, 0.3) is 10.2 Å². The monoisotopic (exact) mass is 395 g/mol. The van der Waals surface area contributed by atoms with Gasteiger partial charge >= 0.3 is 6.18 Å². The van der Waals surface area contributed by atoms with Gasteiger partial charge in [0.25, 0.3) is 0 Å². The third-order valence-corrected chi connectivity index (χ3v) is 6.20. The number of benzene rings is 1. The highest BCUT2D eigenvalue weighted by Crippen LogP contribution is 2.41. The highest BCUT2D eigenvalue weighted by Gasteiger charge is 2.33. The number of fused-ring (bicyclic) bond motifs is 3. The van der Waals surface area contributed by atoms with Gasteiger partial charge in [-0.1, -0.05) is 23.9 Å². The molecule has 1 N–H and O–H groups in total. The molecule has 136 valence electrons. The summed E-state index contributed by atoms with van der Waals surface area (Å²) in [4.78, 5) is 11.2. The lowest BCUT2D eigenvalue weighted by Crippen LogP contribution is -2.09. The van der Waals surface area contributed by atoms with Crippen LogP contribution in [0.3, 0.4) is 0 Å². The molecule has 0 aliphatic heterocycles. The van der Waals surface area contributed by atoms with E-state index >= 15 is 0 Å². The zero-order valence-corrected chi connectivity index (χ0v) is 15.6. The predicted molar refractivity (Wildman–Crippen MR) is 101 cm³/mol. The first-order valence-electron chi connectivity index (χ1n) is 8.27. The van der Waals surface area contributed by atoms with Gasteiger partial charge in [-0.15, -0.1) is 11.3 Å². The van der Waals surface area contributed by atoms with E-state index in [1.165, 1.54) is 34.3 Å². The van der Waals surface area contributed by atoms with Gasteiger partial charge in [-0.25, -0.2) is 9.97 Å². The summed E-state index contributed by atoms with van der Waals surface area (Å²) in [7, 11) is 0. The minimum Gasteiger partial charge on any atom is -0.339 e. The van der Waals surface area contributed by atoms with E-state index in [0.717, 1.165) is 42.0 Å². The lowest BCUT2D eigenvalue weighted by Gasteiger charge is -2.16. The van der Waals surface area contributed by atoms with E-state index < -0.39 is 11.7 Å². The van der Waals surface area contributed by atoms with Gasteiger partial charge in [0, 0.05) is 4.88 Å². The Kier molecular flexibility index (Phi) is 4.56. The molecule has 0 saturated heterocycles. The fourth-order valence-corrected chi connectivity index (χ4v) is 4.97. The smallest absolute Gasteiger partial charge is 0.339 e. The molecule has 2 aromatic heterocycles. The van der Waals surface area contributed by atoms with Crippen LogP contribution in [0.2, 0.25) is 0 Å². The molecule has 0 amide bonds. The van der Waals surface area contributed by atoms with Crippen molar-refractivity contribution in [3.63, 3.8) is 0 Å². The van der Waals surface area contributed by atoms with Crippen LogP contribution in [0, 0.1) is 0 Å². The molecule has 26 heavy (non-hydrogen) atoms. The van der Waals surface area contributed by atoms with Crippen molar-refractivity contribution in [2.45, 2.75) is 37.0 Å². The Labute approximate surface area is 157 Å². The van der Waals surface area contributed by atoms with Gasteiger partial charge in [-0.05, 0) is 49.6 Å². The molecule has 0 bridgehead atoms. The number of para-hydroxylation sites is 1. The number of nitrogens with one attached hydrogen (secondary N) is 1. The zero-order chi connectivity index (χ0) is 18.3. The fourth-order valence-electron chi connectivity index (χ4n) is 3.29. The number of rotatable bonds is 3. The zero-order valence-electron chi connectivity index (χ0n) is 14.0. The number of nitrogens with zero attached hydrogens (tertiary/aromatic N) is 2. The van der Waals surface area contributed by atoms with E-state index in [0.29, 0.717) is 11.0 Å². The highest BCUT2D eigenvalue weighted by molar-refractivity contribution is 7.98. The summed E-state index contributed by atoms with van der Waals surface area (Å²) in [5, 5.41) is 4.39. The number of hydrogen-bond acceptors (Lipinski definition) is 5. The fraction of sp³-hybridized carbons (Fsp3) is 0.333. The molecule has 0 radical (unpaired) electrons. The number of anilines is 2. The van der Waals surface area contributed by atoms with Crippen LogP contribution >= 0.6 is 23.1 Å². The van der Waals surface area contributed by atoms with Gasteiger partial charge in [0.05, 0.1) is 16.6 Å². The maximum Gasteiger partial charge on any atom is 0.418 e. The molecule has 8 heteroatoms. The van der Waals surface area contributed by atoms with Crippen molar-refractivity contribution in [2.75, 3.05) is 11.6 Å². The molecule has 3 nitrogen and oxygen atoms in total. The predicted octanol–water partition coefficient (Wildman–Crippen LogP) is 6.05. The number of thiophene rings is 1. The van der Waals surface area contributed by atoms with Gasteiger partial charge in [-0.3, -0.25) is 0 Å². The Balaban J connectivity index is 1.88. The molecule has 2 heterocycles. The van der Waals surface area contributed by atoms with Gasteiger partial charge < -0.3 is 5.32 Å².